The summed E-state index contributed by atoms with van der Waals surface area (Å²) in [4.78, 5) is 18.9. The van der Waals surface area contributed by atoms with E-state index >= 15 is 0 Å². The Bertz CT molecular complexity index is 950. The lowest BCUT2D eigenvalue weighted by Gasteiger charge is -2.31. The van der Waals surface area contributed by atoms with Crippen LogP contribution >= 0.6 is 0 Å². The first-order valence-electron chi connectivity index (χ1n) is 8.49. The van der Waals surface area contributed by atoms with Crippen LogP contribution in [0.5, 0.6) is 0 Å². The molecule has 2 heterocycles. The Morgan fingerprint density at radius 2 is 1.61 bits per heavy atom. The van der Waals surface area contributed by atoms with Crippen molar-refractivity contribution in [1.29, 1.82) is 0 Å². The maximum atomic E-state index is 12.6. The molecule has 1 aromatic heterocycles. The minimum Gasteiger partial charge on any atom is -0.331 e. The molecule has 10 heteroatoms. The summed E-state index contributed by atoms with van der Waals surface area (Å²) in [7, 11) is -3.33. The predicted molar refractivity (Wildman–Crippen MR) is 95.7 cm³/mol. The number of nitrogens with zero attached hydrogens (tertiary/aromatic N) is 2. The molecule has 1 fully saturated rings. The van der Waals surface area contributed by atoms with Gasteiger partial charge in [0.1, 0.15) is 19.3 Å². The SMILES string of the molecule is CS(=O)(=O)c1ccc(C(=O)N2CCN(c3ccc(C(F)(F)F)c[nH+]3)CC2)cc1. The van der Waals surface area contributed by atoms with E-state index in [2.05, 4.69) is 4.98 Å². The molecule has 1 saturated heterocycles. The lowest BCUT2D eigenvalue weighted by Crippen LogP contribution is -2.50. The highest BCUT2D eigenvalue weighted by atomic mass is 32.2. The molecule has 0 atom stereocenters. The fraction of sp³-hybridized carbons (Fsp3) is 0.333. The summed E-state index contributed by atoms with van der Waals surface area (Å²) >= 11 is 0. The smallest absolute Gasteiger partial charge is 0.331 e. The molecule has 0 bridgehead atoms. The van der Waals surface area contributed by atoms with E-state index in [1.807, 2.05) is 4.90 Å². The average Bonchev–Trinajstić information content (AvgIpc) is 2.66. The summed E-state index contributed by atoms with van der Waals surface area (Å²) in [6, 6.07) is 8.16. The summed E-state index contributed by atoms with van der Waals surface area (Å²) < 4.78 is 60.9. The molecule has 0 spiro atoms. The molecule has 0 radical (unpaired) electrons. The standard InChI is InChI=1S/C18H18F3N3O3S/c1-28(26,27)15-5-2-13(3-6-15)17(25)24-10-8-23(9-11-24)16-7-4-14(12-22-16)18(19,20)21/h2-7,12H,8-11H2,1H3/p+1. The van der Waals surface area contributed by atoms with Gasteiger partial charge in [0.25, 0.3) is 11.7 Å². The van der Waals surface area contributed by atoms with Crippen LogP contribution in [0.4, 0.5) is 19.0 Å². The highest BCUT2D eigenvalue weighted by molar-refractivity contribution is 7.90. The van der Waals surface area contributed by atoms with Gasteiger partial charge in [0.05, 0.1) is 23.5 Å². The number of H-pyrrole nitrogens is 1. The summed E-state index contributed by atoms with van der Waals surface area (Å²) in [5, 5.41) is 0. The number of hydrogen-bond donors (Lipinski definition) is 0. The number of anilines is 1. The molecule has 0 saturated carbocycles. The van der Waals surface area contributed by atoms with Gasteiger partial charge in [-0.2, -0.15) is 13.2 Å². The van der Waals surface area contributed by atoms with E-state index in [4.69, 9.17) is 0 Å². The van der Waals surface area contributed by atoms with Gasteiger partial charge in [-0.05, 0) is 30.3 Å². The zero-order valence-corrected chi connectivity index (χ0v) is 15.8. The van der Waals surface area contributed by atoms with E-state index in [9.17, 15) is 26.4 Å². The first-order chi connectivity index (χ1) is 13.1. The van der Waals surface area contributed by atoms with E-state index in [0.29, 0.717) is 37.6 Å². The van der Waals surface area contributed by atoms with Crippen molar-refractivity contribution in [3.63, 3.8) is 0 Å². The van der Waals surface area contributed by atoms with E-state index in [0.717, 1.165) is 18.5 Å². The van der Waals surface area contributed by atoms with Gasteiger partial charge in [-0.25, -0.2) is 13.4 Å². The van der Waals surface area contributed by atoms with Crippen LogP contribution in [0.1, 0.15) is 15.9 Å². The van der Waals surface area contributed by atoms with E-state index in [1.54, 1.807) is 4.90 Å². The molecule has 28 heavy (non-hydrogen) atoms. The number of carbonyl (C=O) groups excluding carboxylic acids is 1. The topological polar surface area (TPSA) is 71.8 Å². The van der Waals surface area contributed by atoms with Gasteiger partial charge in [-0.1, -0.05) is 0 Å². The van der Waals surface area contributed by atoms with Gasteiger partial charge in [0.2, 0.25) is 0 Å². The number of carbonyl (C=O) groups is 1. The summed E-state index contributed by atoms with van der Waals surface area (Å²) in [6.07, 6.45) is -2.37. The third-order valence-corrected chi connectivity index (χ3v) is 5.69. The highest BCUT2D eigenvalue weighted by Crippen LogP contribution is 2.28. The third-order valence-electron chi connectivity index (χ3n) is 4.56. The number of nitrogens with one attached hydrogen (secondary N) is 1. The van der Waals surface area contributed by atoms with Crippen molar-refractivity contribution in [2.75, 3.05) is 37.3 Å². The van der Waals surface area contributed by atoms with E-state index < -0.39 is 21.6 Å². The van der Waals surface area contributed by atoms with Crippen molar-refractivity contribution in [2.24, 2.45) is 0 Å². The van der Waals surface area contributed by atoms with Gasteiger partial charge in [-0.3, -0.25) is 9.69 Å². The van der Waals surface area contributed by atoms with Crippen molar-refractivity contribution < 1.29 is 31.4 Å². The number of aromatic amines is 1. The van der Waals surface area contributed by atoms with Crippen LogP contribution in [0.3, 0.4) is 0 Å². The lowest BCUT2D eigenvalue weighted by atomic mass is 10.2. The van der Waals surface area contributed by atoms with Crippen molar-refractivity contribution in [3.05, 3.63) is 53.7 Å². The molecule has 1 aliphatic rings. The van der Waals surface area contributed by atoms with Crippen LogP contribution in [0.2, 0.25) is 0 Å². The molecule has 1 amide bonds. The summed E-state index contributed by atoms with van der Waals surface area (Å²) in [5.74, 6) is 0.341. The van der Waals surface area contributed by atoms with Crippen LogP contribution in [0.15, 0.2) is 47.5 Å². The number of halogens is 3. The molecule has 3 rings (SSSR count). The Kier molecular flexibility index (Phi) is 5.33. The Balaban J connectivity index is 1.62. The zero-order chi connectivity index (χ0) is 20.5. The number of hydrogen-bond acceptors (Lipinski definition) is 4. The summed E-state index contributed by atoms with van der Waals surface area (Å²) in [5.41, 5.74) is -0.357. The van der Waals surface area contributed by atoms with E-state index in [-0.39, 0.29) is 10.8 Å². The van der Waals surface area contributed by atoms with Gasteiger partial charge in [-0.15, -0.1) is 0 Å². The maximum absolute atomic E-state index is 12.6. The highest BCUT2D eigenvalue weighted by Gasteiger charge is 2.33. The predicted octanol–water partition coefficient (Wildman–Crippen LogP) is 1.89. The molecular formula is C18H19F3N3O3S+. The van der Waals surface area contributed by atoms with E-state index in [1.165, 1.54) is 30.3 Å². The number of alkyl halides is 3. The molecule has 150 valence electrons. The molecule has 1 aliphatic heterocycles. The van der Waals surface area contributed by atoms with Gasteiger partial charge >= 0.3 is 6.18 Å². The second-order valence-corrected chi connectivity index (χ2v) is 8.55. The van der Waals surface area contributed by atoms with Gasteiger partial charge < -0.3 is 4.90 Å². The Labute approximate surface area is 160 Å². The second-order valence-electron chi connectivity index (χ2n) is 6.54. The number of sulfone groups is 1. The van der Waals surface area contributed by atoms with Crippen LogP contribution < -0.4 is 9.88 Å². The minimum atomic E-state index is -4.40. The van der Waals surface area contributed by atoms with Crippen molar-refractivity contribution in [1.82, 2.24) is 4.90 Å². The Hall–Kier alpha value is -2.62. The van der Waals surface area contributed by atoms with Crippen LogP contribution in [-0.4, -0.2) is 51.7 Å². The maximum Gasteiger partial charge on any atom is 0.419 e. The van der Waals surface area contributed by atoms with Gasteiger partial charge in [0, 0.05) is 17.9 Å². The van der Waals surface area contributed by atoms with Crippen LogP contribution in [0.25, 0.3) is 0 Å². The van der Waals surface area contributed by atoms with Crippen LogP contribution in [-0.2, 0) is 16.0 Å². The van der Waals surface area contributed by atoms with Crippen molar-refractivity contribution >= 4 is 21.6 Å². The number of pyridine rings is 1. The molecule has 1 N–H and O–H groups in total. The lowest BCUT2D eigenvalue weighted by molar-refractivity contribution is -0.367. The largest absolute Gasteiger partial charge is 0.419 e. The Morgan fingerprint density at radius 1 is 1.00 bits per heavy atom. The summed E-state index contributed by atoms with van der Waals surface area (Å²) in [6.45, 7) is 1.74. The molecule has 0 aliphatic carbocycles. The molecule has 1 aromatic carbocycles. The molecule has 2 aromatic rings. The normalized spacial score (nSPS) is 15.6. The fourth-order valence-electron chi connectivity index (χ4n) is 2.97. The molecular weight excluding hydrogens is 395 g/mol. The molecule has 6 nitrogen and oxygen atoms in total. The van der Waals surface area contributed by atoms with Crippen LogP contribution in [0, 0.1) is 0 Å². The molecule has 0 unspecified atom stereocenters. The zero-order valence-electron chi connectivity index (χ0n) is 15.0. The number of amides is 1. The van der Waals surface area contributed by atoms with Gasteiger partial charge in [0.15, 0.2) is 9.84 Å². The third kappa shape index (κ3) is 4.44. The number of piperazine rings is 1. The fourth-order valence-corrected chi connectivity index (χ4v) is 3.60. The Morgan fingerprint density at radius 3 is 2.07 bits per heavy atom. The second kappa shape index (κ2) is 7.42. The quantitative estimate of drug-likeness (QED) is 0.769. The number of aromatic nitrogens is 1. The number of rotatable bonds is 3. The average molecular weight is 414 g/mol. The monoisotopic (exact) mass is 414 g/mol. The van der Waals surface area contributed by atoms with Crippen molar-refractivity contribution in [2.45, 2.75) is 11.1 Å². The first-order valence-corrected chi connectivity index (χ1v) is 10.4. The minimum absolute atomic E-state index is 0.145. The first kappa shape index (κ1) is 20.1. The number of benzene rings is 1. The van der Waals surface area contributed by atoms with Crippen molar-refractivity contribution in [3.8, 4) is 0 Å².